The monoisotopic (exact) mass is 336 g/mol. The van der Waals surface area contributed by atoms with Crippen LogP contribution in [-0.4, -0.2) is 24.2 Å². The molecule has 0 saturated carbocycles. The summed E-state index contributed by atoms with van der Waals surface area (Å²) in [6.07, 6.45) is 6.23. The third-order valence-electron chi connectivity index (χ3n) is 5.71. The van der Waals surface area contributed by atoms with Gasteiger partial charge in [0.25, 0.3) is 0 Å². The van der Waals surface area contributed by atoms with Gasteiger partial charge < -0.3 is 15.3 Å². The van der Waals surface area contributed by atoms with Crippen molar-refractivity contribution in [3.8, 4) is 0 Å². The predicted molar refractivity (Wildman–Crippen MR) is 103 cm³/mol. The van der Waals surface area contributed by atoms with Crippen LogP contribution in [0, 0.1) is 0 Å². The first-order valence-corrected chi connectivity index (χ1v) is 9.60. The number of aryl methyl sites for hydroxylation is 2. The Labute approximate surface area is 150 Å². The Morgan fingerprint density at radius 3 is 2.60 bits per heavy atom. The Balaban J connectivity index is 1.29. The number of nitrogens with one attached hydrogen (secondary N) is 1. The molecule has 0 aromatic heterocycles. The second kappa shape index (κ2) is 7.59. The van der Waals surface area contributed by atoms with Gasteiger partial charge in [-0.1, -0.05) is 30.3 Å². The zero-order chi connectivity index (χ0) is 17.1. The quantitative estimate of drug-likeness (QED) is 0.878. The zero-order valence-corrected chi connectivity index (χ0v) is 14.9. The molecule has 0 atom stereocenters. The maximum absolute atomic E-state index is 9.25. The van der Waals surface area contributed by atoms with Crippen LogP contribution in [0.4, 0.5) is 5.69 Å². The molecule has 1 fully saturated rings. The van der Waals surface area contributed by atoms with E-state index in [4.69, 9.17) is 0 Å². The normalized spacial score (nSPS) is 17.7. The van der Waals surface area contributed by atoms with Crippen molar-refractivity contribution in [1.82, 2.24) is 5.32 Å². The maximum atomic E-state index is 9.25. The third kappa shape index (κ3) is 3.88. The minimum Gasteiger partial charge on any atom is -0.392 e. The van der Waals surface area contributed by atoms with Crippen molar-refractivity contribution in [2.45, 2.75) is 51.3 Å². The van der Waals surface area contributed by atoms with Gasteiger partial charge in [-0.25, -0.2) is 0 Å². The summed E-state index contributed by atoms with van der Waals surface area (Å²) in [6, 6.07) is 15.9. The summed E-state index contributed by atoms with van der Waals surface area (Å²) in [4.78, 5) is 2.54. The SMILES string of the molecule is OCc1cccc(CNC2CCN(c3ccc4c(c3)CCC4)CC2)c1. The van der Waals surface area contributed by atoms with Crippen molar-refractivity contribution in [1.29, 1.82) is 0 Å². The number of fused-ring (bicyclic) bond motifs is 1. The van der Waals surface area contributed by atoms with Gasteiger partial charge in [-0.05, 0) is 66.5 Å². The second-order valence-corrected chi connectivity index (χ2v) is 7.43. The van der Waals surface area contributed by atoms with Gasteiger partial charge in [0.1, 0.15) is 0 Å². The molecule has 132 valence electrons. The summed E-state index contributed by atoms with van der Waals surface area (Å²) < 4.78 is 0. The maximum Gasteiger partial charge on any atom is 0.0681 e. The van der Waals surface area contributed by atoms with Crippen LogP contribution in [0.1, 0.15) is 41.5 Å². The molecule has 1 heterocycles. The van der Waals surface area contributed by atoms with E-state index in [-0.39, 0.29) is 6.61 Å². The van der Waals surface area contributed by atoms with E-state index in [2.05, 4.69) is 40.5 Å². The highest BCUT2D eigenvalue weighted by Crippen LogP contribution is 2.28. The number of aliphatic hydroxyl groups is 1. The molecule has 0 spiro atoms. The number of piperidine rings is 1. The summed E-state index contributed by atoms with van der Waals surface area (Å²) >= 11 is 0. The molecule has 0 bridgehead atoms. The van der Waals surface area contributed by atoms with Crippen molar-refractivity contribution < 1.29 is 5.11 Å². The van der Waals surface area contributed by atoms with Crippen LogP contribution in [-0.2, 0) is 26.0 Å². The fourth-order valence-corrected chi connectivity index (χ4v) is 4.20. The smallest absolute Gasteiger partial charge is 0.0681 e. The highest BCUT2D eigenvalue weighted by molar-refractivity contribution is 5.52. The first-order chi connectivity index (χ1) is 12.3. The highest BCUT2D eigenvalue weighted by atomic mass is 16.3. The molecule has 1 saturated heterocycles. The topological polar surface area (TPSA) is 35.5 Å². The molecule has 0 unspecified atom stereocenters. The van der Waals surface area contributed by atoms with Crippen molar-refractivity contribution in [2.75, 3.05) is 18.0 Å². The third-order valence-corrected chi connectivity index (χ3v) is 5.71. The van der Waals surface area contributed by atoms with E-state index in [1.54, 1.807) is 11.1 Å². The highest BCUT2D eigenvalue weighted by Gasteiger charge is 2.20. The van der Waals surface area contributed by atoms with Crippen LogP contribution in [0.5, 0.6) is 0 Å². The molecule has 1 aliphatic heterocycles. The van der Waals surface area contributed by atoms with Crippen molar-refractivity contribution in [3.63, 3.8) is 0 Å². The fraction of sp³-hybridized carbons (Fsp3) is 0.455. The molecule has 2 aliphatic rings. The van der Waals surface area contributed by atoms with Gasteiger partial charge in [0.05, 0.1) is 6.61 Å². The first kappa shape index (κ1) is 16.6. The Kier molecular flexibility index (Phi) is 5.04. The Morgan fingerprint density at radius 1 is 0.960 bits per heavy atom. The lowest BCUT2D eigenvalue weighted by atomic mass is 10.0. The number of anilines is 1. The van der Waals surface area contributed by atoms with Gasteiger partial charge in [-0.15, -0.1) is 0 Å². The molecule has 4 rings (SSSR count). The Morgan fingerprint density at radius 2 is 1.76 bits per heavy atom. The minimum atomic E-state index is 0.118. The van der Waals surface area contributed by atoms with Crippen molar-refractivity contribution >= 4 is 5.69 Å². The van der Waals surface area contributed by atoms with E-state index in [0.29, 0.717) is 6.04 Å². The molecule has 2 aromatic rings. The molecule has 0 radical (unpaired) electrons. The Bertz CT molecular complexity index is 720. The zero-order valence-electron chi connectivity index (χ0n) is 14.9. The van der Waals surface area contributed by atoms with Crippen LogP contribution >= 0.6 is 0 Å². The molecule has 2 N–H and O–H groups in total. The van der Waals surface area contributed by atoms with Crippen LogP contribution in [0.2, 0.25) is 0 Å². The summed E-state index contributed by atoms with van der Waals surface area (Å²) in [5.74, 6) is 0. The number of hydrogen-bond acceptors (Lipinski definition) is 3. The number of aliphatic hydroxyl groups excluding tert-OH is 1. The predicted octanol–water partition coefficient (Wildman–Crippen LogP) is 3.43. The molecule has 3 heteroatoms. The molecule has 1 aliphatic carbocycles. The lowest BCUT2D eigenvalue weighted by molar-refractivity contribution is 0.281. The average molecular weight is 336 g/mol. The number of hydrogen-bond donors (Lipinski definition) is 2. The van der Waals surface area contributed by atoms with E-state index < -0.39 is 0 Å². The summed E-state index contributed by atoms with van der Waals surface area (Å²) in [5, 5.41) is 12.9. The largest absolute Gasteiger partial charge is 0.392 e. The number of nitrogens with zero attached hydrogens (tertiary/aromatic N) is 1. The number of benzene rings is 2. The van der Waals surface area contributed by atoms with Crippen LogP contribution < -0.4 is 10.2 Å². The lowest BCUT2D eigenvalue weighted by Crippen LogP contribution is -2.42. The number of rotatable bonds is 5. The molecule has 25 heavy (non-hydrogen) atoms. The molecular weight excluding hydrogens is 308 g/mol. The van der Waals surface area contributed by atoms with Gasteiger partial charge in [0, 0.05) is 31.4 Å². The van der Waals surface area contributed by atoms with E-state index in [1.165, 1.54) is 43.4 Å². The summed E-state index contributed by atoms with van der Waals surface area (Å²) in [6.45, 7) is 3.27. The van der Waals surface area contributed by atoms with Crippen LogP contribution in [0.15, 0.2) is 42.5 Å². The van der Waals surface area contributed by atoms with E-state index in [0.717, 1.165) is 25.2 Å². The standard InChI is InChI=1S/C22H28N2O/c25-16-18-4-1-3-17(13-18)15-23-21-9-11-24(12-10-21)22-8-7-19-5-2-6-20(19)14-22/h1,3-4,7-8,13-14,21,23,25H,2,5-6,9-12,15-16H2. The van der Waals surface area contributed by atoms with Crippen molar-refractivity contribution in [2.24, 2.45) is 0 Å². The molecule has 3 nitrogen and oxygen atoms in total. The lowest BCUT2D eigenvalue weighted by Gasteiger charge is -2.34. The fourth-order valence-electron chi connectivity index (χ4n) is 4.20. The van der Waals surface area contributed by atoms with E-state index in [1.807, 2.05) is 12.1 Å². The van der Waals surface area contributed by atoms with E-state index in [9.17, 15) is 5.11 Å². The Hall–Kier alpha value is -1.84. The van der Waals surface area contributed by atoms with Gasteiger partial charge in [-0.3, -0.25) is 0 Å². The van der Waals surface area contributed by atoms with Crippen LogP contribution in [0.25, 0.3) is 0 Å². The van der Waals surface area contributed by atoms with Crippen LogP contribution in [0.3, 0.4) is 0 Å². The summed E-state index contributed by atoms with van der Waals surface area (Å²) in [7, 11) is 0. The van der Waals surface area contributed by atoms with Gasteiger partial charge in [0.2, 0.25) is 0 Å². The van der Waals surface area contributed by atoms with Crippen molar-refractivity contribution in [3.05, 3.63) is 64.7 Å². The van der Waals surface area contributed by atoms with Gasteiger partial charge in [0.15, 0.2) is 0 Å². The van der Waals surface area contributed by atoms with Gasteiger partial charge in [-0.2, -0.15) is 0 Å². The van der Waals surface area contributed by atoms with E-state index >= 15 is 0 Å². The molecular formula is C22H28N2O. The molecule has 0 amide bonds. The average Bonchev–Trinajstić information content (AvgIpc) is 3.15. The van der Waals surface area contributed by atoms with Gasteiger partial charge >= 0.3 is 0 Å². The minimum absolute atomic E-state index is 0.118. The summed E-state index contributed by atoms with van der Waals surface area (Å²) in [5.41, 5.74) is 6.79. The molecule has 2 aromatic carbocycles. The first-order valence-electron chi connectivity index (χ1n) is 9.60. The second-order valence-electron chi connectivity index (χ2n) is 7.43.